The lowest BCUT2D eigenvalue weighted by Crippen LogP contribution is -2.21. The zero-order valence-corrected chi connectivity index (χ0v) is 10.5. The van der Waals surface area contributed by atoms with Crippen molar-refractivity contribution in [2.75, 3.05) is 19.0 Å². The minimum atomic E-state index is 0.547. The second kappa shape index (κ2) is 4.73. The molecule has 0 fully saturated rings. The second-order valence-corrected chi connectivity index (χ2v) is 4.71. The number of anilines is 1. The molecular weight excluding hydrogens is 222 g/mol. The Bertz CT molecular complexity index is 533. The van der Waals surface area contributed by atoms with Crippen molar-refractivity contribution in [3.8, 4) is 5.75 Å². The standard InChI is InChI=1S/C16H17NO/c1-18-15-8-6-12(7-9-15)14-10-13-4-2-3-5-16(13)17-11-14/h2-9,14,17H,10-11H2,1H3. The van der Waals surface area contributed by atoms with Crippen LogP contribution >= 0.6 is 0 Å². The largest absolute Gasteiger partial charge is 0.497 e. The lowest BCUT2D eigenvalue weighted by atomic mass is 9.88. The first-order chi connectivity index (χ1) is 8.86. The number of hydrogen-bond donors (Lipinski definition) is 1. The van der Waals surface area contributed by atoms with Crippen LogP contribution in [0.25, 0.3) is 0 Å². The van der Waals surface area contributed by atoms with Gasteiger partial charge in [0.2, 0.25) is 0 Å². The molecule has 1 unspecified atom stereocenters. The van der Waals surface area contributed by atoms with Crippen LogP contribution in [0.3, 0.4) is 0 Å². The number of methoxy groups -OCH3 is 1. The molecule has 0 spiro atoms. The molecule has 3 rings (SSSR count). The third kappa shape index (κ3) is 2.06. The van der Waals surface area contributed by atoms with Gasteiger partial charge in [0.05, 0.1) is 7.11 Å². The molecule has 1 N–H and O–H groups in total. The maximum atomic E-state index is 5.20. The van der Waals surface area contributed by atoms with Gasteiger partial charge < -0.3 is 10.1 Å². The van der Waals surface area contributed by atoms with Crippen LogP contribution in [-0.2, 0) is 6.42 Å². The topological polar surface area (TPSA) is 21.3 Å². The first kappa shape index (κ1) is 11.1. The van der Waals surface area contributed by atoms with Crippen molar-refractivity contribution in [2.24, 2.45) is 0 Å². The Hall–Kier alpha value is -1.96. The molecular formula is C16H17NO. The molecule has 0 radical (unpaired) electrons. The van der Waals surface area contributed by atoms with E-state index in [1.54, 1.807) is 7.11 Å². The van der Waals surface area contributed by atoms with Crippen molar-refractivity contribution in [1.29, 1.82) is 0 Å². The molecule has 0 bridgehead atoms. The van der Waals surface area contributed by atoms with Crippen LogP contribution in [0, 0.1) is 0 Å². The molecule has 18 heavy (non-hydrogen) atoms. The normalized spacial score (nSPS) is 17.7. The lowest BCUT2D eigenvalue weighted by Gasteiger charge is -2.26. The zero-order chi connectivity index (χ0) is 12.4. The van der Waals surface area contributed by atoms with Crippen LogP contribution in [0.15, 0.2) is 48.5 Å². The van der Waals surface area contributed by atoms with Crippen molar-refractivity contribution in [3.63, 3.8) is 0 Å². The SMILES string of the molecule is COc1ccc(C2CNc3ccccc3C2)cc1. The Morgan fingerprint density at radius 3 is 2.61 bits per heavy atom. The molecule has 1 aliphatic rings. The van der Waals surface area contributed by atoms with Crippen LogP contribution in [0.2, 0.25) is 0 Å². The minimum absolute atomic E-state index is 0.547. The van der Waals surface area contributed by atoms with Crippen LogP contribution < -0.4 is 10.1 Å². The van der Waals surface area contributed by atoms with Crippen molar-refractivity contribution in [2.45, 2.75) is 12.3 Å². The van der Waals surface area contributed by atoms with E-state index in [1.807, 2.05) is 12.1 Å². The highest BCUT2D eigenvalue weighted by molar-refractivity contribution is 5.54. The summed E-state index contributed by atoms with van der Waals surface area (Å²) >= 11 is 0. The summed E-state index contributed by atoms with van der Waals surface area (Å²) in [6.07, 6.45) is 1.11. The number of ether oxygens (including phenoxy) is 1. The summed E-state index contributed by atoms with van der Waals surface area (Å²) in [5.74, 6) is 1.47. The number of hydrogen-bond acceptors (Lipinski definition) is 2. The highest BCUT2D eigenvalue weighted by Crippen LogP contribution is 2.30. The number of benzene rings is 2. The smallest absolute Gasteiger partial charge is 0.118 e. The quantitative estimate of drug-likeness (QED) is 0.866. The van der Waals surface area contributed by atoms with E-state index in [0.29, 0.717) is 5.92 Å². The summed E-state index contributed by atoms with van der Waals surface area (Å²) in [5.41, 5.74) is 4.06. The Balaban J connectivity index is 1.82. The van der Waals surface area contributed by atoms with Gasteiger partial charge in [0.15, 0.2) is 0 Å². The minimum Gasteiger partial charge on any atom is -0.497 e. The fourth-order valence-corrected chi connectivity index (χ4v) is 2.55. The molecule has 2 heteroatoms. The molecule has 0 aliphatic carbocycles. The first-order valence-corrected chi connectivity index (χ1v) is 6.32. The molecule has 0 saturated carbocycles. The molecule has 0 amide bonds. The molecule has 92 valence electrons. The second-order valence-electron chi connectivity index (χ2n) is 4.71. The van der Waals surface area contributed by atoms with Crippen molar-refractivity contribution in [3.05, 3.63) is 59.7 Å². The Morgan fingerprint density at radius 2 is 1.83 bits per heavy atom. The molecule has 0 saturated heterocycles. The summed E-state index contributed by atoms with van der Waals surface area (Å²) in [5, 5.41) is 3.51. The first-order valence-electron chi connectivity index (χ1n) is 6.32. The fraction of sp³-hybridized carbons (Fsp3) is 0.250. The van der Waals surface area contributed by atoms with E-state index in [4.69, 9.17) is 4.74 Å². The summed E-state index contributed by atoms with van der Waals surface area (Å²) in [6.45, 7) is 1.00. The van der Waals surface area contributed by atoms with Crippen LogP contribution in [0.1, 0.15) is 17.0 Å². The molecule has 2 nitrogen and oxygen atoms in total. The number of fused-ring (bicyclic) bond motifs is 1. The van der Waals surface area contributed by atoms with E-state index >= 15 is 0 Å². The van der Waals surface area contributed by atoms with E-state index in [-0.39, 0.29) is 0 Å². The highest BCUT2D eigenvalue weighted by Gasteiger charge is 2.19. The van der Waals surface area contributed by atoms with Gasteiger partial charge in [-0.3, -0.25) is 0 Å². The van der Waals surface area contributed by atoms with E-state index in [0.717, 1.165) is 18.7 Å². The summed E-state index contributed by atoms with van der Waals surface area (Å²) < 4.78 is 5.20. The Morgan fingerprint density at radius 1 is 1.06 bits per heavy atom. The maximum Gasteiger partial charge on any atom is 0.118 e. The third-order valence-electron chi connectivity index (χ3n) is 3.61. The summed E-state index contributed by atoms with van der Waals surface area (Å²) in [7, 11) is 1.70. The fourth-order valence-electron chi connectivity index (χ4n) is 2.55. The molecule has 2 aromatic rings. The summed E-state index contributed by atoms with van der Waals surface area (Å²) in [6, 6.07) is 17.0. The predicted octanol–water partition coefficient (Wildman–Crippen LogP) is 3.45. The van der Waals surface area contributed by atoms with Gasteiger partial charge in [-0.05, 0) is 35.7 Å². The number of rotatable bonds is 2. The maximum absolute atomic E-state index is 5.20. The van der Waals surface area contributed by atoms with Crippen molar-refractivity contribution < 1.29 is 4.74 Å². The van der Waals surface area contributed by atoms with E-state index in [1.165, 1.54) is 16.8 Å². The molecule has 1 heterocycles. The predicted molar refractivity (Wildman–Crippen MR) is 74.4 cm³/mol. The summed E-state index contributed by atoms with van der Waals surface area (Å²) in [4.78, 5) is 0. The van der Waals surface area contributed by atoms with Gasteiger partial charge in [0, 0.05) is 18.2 Å². The molecule has 2 aromatic carbocycles. The molecule has 1 atom stereocenters. The van der Waals surface area contributed by atoms with Crippen LogP contribution in [0.4, 0.5) is 5.69 Å². The van der Waals surface area contributed by atoms with Gasteiger partial charge in [-0.2, -0.15) is 0 Å². The molecule has 1 aliphatic heterocycles. The van der Waals surface area contributed by atoms with Gasteiger partial charge in [-0.1, -0.05) is 30.3 Å². The van der Waals surface area contributed by atoms with Crippen LogP contribution in [-0.4, -0.2) is 13.7 Å². The Kier molecular flexibility index (Phi) is 2.93. The molecule has 0 aromatic heterocycles. The van der Waals surface area contributed by atoms with Gasteiger partial charge in [-0.25, -0.2) is 0 Å². The van der Waals surface area contributed by atoms with Gasteiger partial charge in [0.25, 0.3) is 0 Å². The average Bonchev–Trinajstić information content (AvgIpc) is 2.47. The van der Waals surface area contributed by atoms with E-state index < -0.39 is 0 Å². The van der Waals surface area contributed by atoms with Crippen molar-refractivity contribution >= 4 is 5.69 Å². The third-order valence-corrected chi connectivity index (χ3v) is 3.61. The van der Waals surface area contributed by atoms with Crippen molar-refractivity contribution in [1.82, 2.24) is 0 Å². The van der Waals surface area contributed by atoms with Crippen LogP contribution in [0.5, 0.6) is 5.75 Å². The monoisotopic (exact) mass is 239 g/mol. The highest BCUT2D eigenvalue weighted by atomic mass is 16.5. The van der Waals surface area contributed by atoms with Gasteiger partial charge in [0.1, 0.15) is 5.75 Å². The van der Waals surface area contributed by atoms with Gasteiger partial charge in [-0.15, -0.1) is 0 Å². The van der Waals surface area contributed by atoms with E-state index in [9.17, 15) is 0 Å². The Labute approximate surface area is 108 Å². The van der Waals surface area contributed by atoms with E-state index in [2.05, 4.69) is 41.7 Å². The van der Waals surface area contributed by atoms with Gasteiger partial charge >= 0.3 is 0 Å². The number of para-hydroxylation sites is 1. The number of nitrogens with one attached hydrogen (secondary N) is 1. The average molecular weight is 239 g/mol. The zero-order valence-electron chi connectivity index (χ0n) is 10.5. The lowest BCUT2D eigenvalue weighted by molar-refractivity contribution is 0.414.